The Kier molecular flexibility index (Phi) is 5.97. The van der Waals surface area contributed by atoms with Gasteiger partial charge in [0, 0.05) is 47.1 Å². The third-order valence-corrected chi connectivity index (χ3v) is 6.14. The molecule has 5 aromatic rings. The van der Waals surface area contributed by atoms with Crippen LogP contribution in [0.5, 0.6) is 0 Å². The first-order chi connectivity index (χ1) is 19.0. The number of rotatable bonds is 5. The zero-order valence-electron chi connectivity index (χ0n) is 19.9. The molecular weight excluding hydrogens is 510 g/mol. The van der Waals surface area contributed by atoms with Crippen LogP contribution < -0.4 is 4.59 Å². The molecule has 0 amide bonds. The van der Waals surface area contributed by atoms with Crippen molar-refractivity contribution in [3.63, 3.8) is 0 Å². The summed E-state index contributed by atoms with van der Waals surface area (Å²) in [5.41, 5.74) is 0.871. The van der Waals surface area contributed by atoms with Gasteiger partial charge in [-0.3, -0.25) is 0 Å². The standard InChI is InChI=1S/C28H16F4N7/c29-17-8-10-19(23(31)15-17)21-5-3-13-34-26(21)39(28(36-37-38-39)25-7-1-2-12-33-25)27-22(6-4-14-35-27)20-11-9-18(30)16-24(20)32/h1-16H/q+1. The third-order valence-electron chi connectivity index (χ3n) is 6.14. The molecule has 39 heavy (non-hydrogen) atoms. The molecule has 0 bridgehead atoms. The van der Waals surface area contributed by atoms with Gasteiger partial charge in [-0.15, -0.1) is 0 Å². The molecule has 2 aromatic carbocycles. The fraction of sp³-hybridized carbons (Fsp3) is 0. The van der Waals surface area contributed by atoms with Crippen LogP contribution >= 0.6 is 0 Å². The second kappa shape index (κ2) is 9.62. The summed E-state index contributed by atoms with van der Waals surface area (Å²) < 4.78 is 57.1. The predicted molar refractivity (Wildman–Crippen MR) is 136 cm³/mol. The molecule has 0 saturated carbocycles. The van der Waals surface area contributed by atoms with Gasteiger partial charge in [0.15, 0.2) is 0 Å². The molecule has 7 nitrogen and oxygen atoms in total. The van der Waals surface area contributed by atoms with Crippen LogP contribution in [-0.4, -0.2) is 20.8 Å². The van der Waals surface area contributed by atoms with Crippen molar-refractivity contribution in [3.05, 3.63) is 126 Å². The van der Waals surface area contributed by atoms with E-state index in [-0.39, 0.29) is 39.7 Å². The van der Waals surface area contributed by atoms with E-state index in [1.807, 2.05) is 0 Å². The number of hydrogen-bond donors (Lipinski definition) is 0. The SMILES string of the molecule is Fc1ccc(-c2cccnc2[N+]2(c3ncccc3-c3ccc(F)cc3F)N=NN=C2c2ccccn2)c(F)c1. The molecule has 190 valence electrons. The highest BCUT2D eigenvalue weighted by molar-refractivity contribution is 6.10. The molecule has 1 aliphatic heterocycles. The largest absolute Gasteiger partial charge is 0.315 e. The highest BCUT2D eigenvalue weighted by Gasteiger charge is 2.53. The first-order valence-corrected chi connectivity index (χ1v) is 11.6. The fourth-order valence-corrected chi connectivity index (χ4v) is 4.47. The van der Waals surface area contributed by atoms with Gasteiger partial charge >= 0.3 is 5.84 Å². The highest BCUT2D eigenvalue weighted by atomic mass is 19.1. The Bertz CT molecular complexity index is 1680. The van der Waals surface area contributed by atoms with Crippen molar-refractivity contribution in [2.24, 2.45) is 15.5 Å². The van der Waals surface area contributed by atoms with Gasteiger partial charge in [0.25, 0.3) is 11.6 Å². The summed E-state index contributed by atoms with van der Waals surface area (Å²) in [6.45, 7) is 0. The van der Waals surface area contributed by atoms with Gasteiger partial charge in [0.05, 0.1) is 16.4 Å². The number of hydrogen-bond acceptors (Lipinski definition) is 6. The van der Waals surface area contributed by atoms with E-state index >= 15 is 8.78 Å². The van der Waals surface area contributed by atoms with E-state index in [9.17, 15) is 8.78 Å². The van der Waals surface area contributed by atoms with Gasteiger partial charge in [-0.2, -0.15) is 0 Å². The van der Waals surface area contributed by atoms with Gasteiger partial charge in [-0.1, -0.05) is 11.2 Å². The maximum Gasteiger partial charge on any atom is 0.315 e. The Balaban J connectivity index is 1.70. The number of benzene rings is 2. The summed E-state index contributed by atoms with van der Waals surface area (Å²) in [6, 6.07) is 17.8. The molecule has 0 saturated heterocycles. The average molecular weight is 526 g/mol. The first-order valence-electron chi connectivity index (χ1n) is 11.6. The van der Waals surface area contributed by atoms with E-state index in [1.54, 1.807) is 48.7 Å². The van der Waals surface area contributed by atoms with Crippen molar-refractivity contribution in [2.75, 3.05) is 0 Å². The molecular formula is C28H16F4N7+. The van der Waals surface area contributed by atoms with Crippen molar-refractivity contribution >= 4 is 17.5 Å². The molecule has 6 rings (SSSR count). The summed E-state index contributed by atoms with van der Waals surface area (Å²) in [4.78, 5) is 13.5. The predicted octanol–water partition coefficient (Wildman–Crippen LogP) is 7.14. The molecule has 3 aromatic heterocycles. The lowest BCUT2D eigenvalue weighted by Gasteiger charge is -2.27. The lowest BCUT2D eigenvalue weighted by atomic mass is 10.0. The molecule has 0 fully saturated rings. The van der Waals surface area contributed by atoms with E-state index in [1.165, 1.54) is 24.5 Å². The van der Waals surface area contributed by atoms with Crippen LogP contribution in [-0.2, 0) is 0 Å². The zero-order valence-corrected chi connectivity index (χ0v) is 19.9. The van der Waals surface area contributed by atoms with Gasteiger partial charge in [0.2, 0.25) is 0 Å². The third kappa shape index (κ3) is 4.05. The lowest BCUT2D eigenvalue weighted by Crippen LogP contribution is -2.45. The van der Waals surface area contributed by atoms with E-state index in [2.05, 4.69) is 30.5 Å². The van der Waals surface area contributed by atoms with E-state index in [4.69, 9.17) is 0 Å². The number of amidine groups is 1. The maximum absolute atomic E-state index is 15.1. The normalized spacial score (nSPS) is 13.9. The van der Waals surface area contributed by atoms with Crippen LogP contribution in [0.15, 0.2) is 113 Å². The minimum Gasteiger partial charge on any atom is -0.249 e. The van der Waals surface area contributed by atoms with Crippen molar-refractivity contribution in [1.82, 2.24) is 19.5 Å². The Morgan fingerprint density at radius 2 is 1.10 bits per heavy atom. The summed E-state index contributed by atoms with van der Waals surface area (Å²) in [7, 11) is 0. The highest BCUT2D eigenvalue weighted by Crippen LogP contribution is 2.47. The quantitative estimate of drug-likeness (QED) is 0.180. The minimum absolute atomic E-state index is 0.0323. The topological polar surface area (TPSA) is 75.8 Å². The number of pyridine rings is 3. The van der Waals surface area contributed by atoms with Crippen molar-refractivity contribution < 1.29 is 17.6 Å². The van der Waals surface area contributed by atoms with Gasteiger partial charge in [0.1, 0.15) is 29.0 Å². The van der Waals surface area contributed by atoms with Gasteiger partial charge in [-0.05, 0) is 65.3 Å². The second-order valence-electron chi connectivity index (χ2n) is 8.45. The summed E-state index contributed by atoms with van der Waals surface area (Å²) in [5.74, 6) is -2.84. The molecule has 0 unspecified atom stereocenters. The average Bonchev–Trinajstić information content (AvgIpc) is 3.40. The lowest BCUT2D eigenvalue weighted by molar-refractivity contribution is 0.545. The number of halogens is 4. The summed E-state index contributed by atoms with van der Waals surface area (Å²) >= 11 is 0. The van der Waals surface area contributed by atoms with Crippen LogP contribution in [0.4, 0.5) is 29.2 Å². The fourth-order valence-electron chi connectivity index (χ4n) is 4.47. The molecule has 0 spiro atoms. The van der Waals surface area contributed by atoms with Crippen molar-refractivity contribution in [1.29, 1.82) is 0 Å². The second-order valence-corrected chi connectivity index (χ2v) is 8.45. The van der Waals surface area contributed by atoms with Crippen molar-refractivity contribution in [2.45, 2.75) is 0 Å². The van der Waals surface area contributed by atoms with E-state index < -0.39 is 27.9 Å². The smallest absolute Gasteiger partial charge is 0.249 e. The van der Waals surface area contributed by atoms with Crippen LogP contribution in [0, 0.1) is 23.3 Å². The Morgan fingerprint density at radius 3 is 1.62 bits per heavy atom. The van der Waals surface area contributed by atoms with Crippen molar-refractivity contribution in [3.8, 4) is 22.3 Å². The number of nitrogens with zero attached hydrogens (tertiary/aromatic N) is 7. The zero-order chi connectivity index (χ0) is 27.0. The molecule has 1 aliphatic rings. The summed E-state index contributed by atoms with van der Waals surface area (Å²) in [6.07, 6.45) is 4.47. The van der Waals surface area contributed by atoms with Crippen LogP contribution in [0.2, 0.25) is 0 Å². The molecule has 0 atom stereocenters. The molecule has 4 heterocycles. The van der Waals surface area contributed by atoms with E-state index in [0.29, 0.717) is 5.69 Å². The molecule has 11 heteroatoms. The molecule has 0 aliphatic carbocycles. The Morgan fingerprint density at radius 1 is 0.538 bits per heavy atom. The Labute approximate surface area is 219 Å². The molecule has 0 radical (unpaired) electrons. The number of quaternary nitrogens is 1. The van der Waals surface area contributed by atoms with Crippen LogP contribution in [0.25, 0.3) is 22.3 Å². The first kappa shape index (κ1) is 24.2. The minimum atomic E-state index is -0.833. The van der Waals surface area contributed by atoms with Crippen LogP contribution in [0.1, 0.15) is 5.69 Å². The number of aromatic nitrogens is 3. The Hall–Kier alpha value is -5.16. The van der Waals surface area contributed by atoms with Gasteiger partial charge < -0.3 is 0 Å². The van der Waals surface area contributed by atoms with Crippen LogP contribution in [0.3, 0.4) is 0 Å². The summed E-state index contributed by atoms with van der Waals surface area (Å²) in [5, 5.41) is 12.6. The monoisotopic (exact) mass is 526 g/mol. The van der Waals surface area contributed by atoms with E-state index in [0.717, 1.165) is 24.3 Å². The molecule has 0 N–H and O–H groups in total. The van der Waals surface area contributed by atoms with Gasteiger partial charge in [-0.25, -0.2) is 32.5 Å². The maximum atomic E-state index is 15.1.